The lowest BCUT2D eigenvalue weighted by Gasteiger charge is -2.35. The molecule has 120 valence electrons. The Labute approximate surface area is 136 Å². The summed E-state index contributed by atoms with van der Waals surface area (Å²) in [6.07, 6.45) is 0.944. The van der Waals surface area contributed by atoms with Crippen molar-refractivity contribution in [2.45, 2.75) is 19.4 Å². The lowest BCUT2D eigenvalue weighted by molar-refractivity contribution is -0.115. The highest BCUT2D eigenvalue weighted by Gasteiger charge is 2.26. The molecule has 0 aliphatic carbocycles. The molecule has 1 amide bonds. The third-order valence-corrected chi connectivity index (χ3v) is 3.89. The van der Waals surface area contributed by atoms with Gasteiger partial charge in [-0.3, -0.25) is 4.79 Å². The van der Waals surface area contributed by atoms with Crippen molar-refractivity contribution in [3.63, 3.8) is 0 Å². The number of fused-ring (bicyclic) bond motifs is 1. The number of nitrogens with zero attached hydrogens (tertiary/aromatic N) is 1. The average Bonchev–Trinajstić information content (AvgIpc) is 2.55. The van der Waals surface area contributed by atoms with Gasteiger partial charge in [0.25, 0.3) is 0 Å². The molecule has 23 heavy (non-hydrogen) atoms. The molecule has 3 N–H and O–H groups in total. The van der Waals surface area contributed by atoms with Gasteiger partial charge in [0.1, 0.15) is 11.9 Å². The molecule has 0 fully saturated rings. The van der Waals surface area contributed by atoms with E-state index in [1.165, 1.54) is 0 Å². The van der Waals surface area contributed by atoms with Gasteiger partial charge in [-0.05, 0) is 30.7 Å². The minimum absolute atomic E-state index is 0.0456. The molecule has 5 heteroatoms. The number of carbonyl (C=O) groups excluding carboxylic acids is 1. The van der Waals surface area contributed by atoms with Gasteiger partial charge in [-0.15, -0.1) is 0 Å². The molecule has 0 saturated carbocycles. The number of rotatable bonds is 4. The standard InChI is InChI=1S/C18H21N3O2/c1-2-15-11-21(16-9-8-13(19)10-17(16)23-15)12-18(22)20-14-6-4-3-5-7-14/h3-10,15H,2,11-12,19H2,1H3,(H,20,22). The summed E-state index contributed by atoms with van der Waals surface area (Å²) in [6, 6.07) is 15.0. The van der Waals surface area contributed by atoms with Crippen molar-refractivity contribution in [2.24, 2.45) is 0 Å². The minimum atomic E-state index is -0.0456. The van der Waals surface area contributed by atoms with E-state index in [1.54, 1.807) is 0 Å². The van der Waals surface area contributed by atoms with Gasteiger partial charge in [-0.2, -0.15) is 0 Å². The van der Waals surface area contributed by atoms with E-state index >= 15 is 0 Å². The molecule has 0 saturated heterocycles. The number of amides is 1. The first-order chi connectivity index (χ1) is 11.2. The molecular formula is C18H21N3O2. The summed E-state index contributed by atoms with van der Waals surface area (Å²) in [5.41, 5.74) is 8.21. The van der Waals surface area contributed by atoms with Crippen LogP contribution in [0.5, 0.6) is 5.75 Å². The predicted octanol–water partition coefficient (Wildman–Crippen LogP) is 2.88. The highest BCUT2D eigenvalue weighted by molar-refractivity contribution is 5.94. The number of anilines is 3. The lowest BCUT2D eigenvalue weighted by Crippen LogP contribution is -2.43. The third-order valence-electron chi connectivity index (χ3n) is 3.89. The number of ether oxygens (including phenoxy) is 1. The van der Waals surface area contributed by atoms with Crippen molar-refractivity contribution >= 4 is 23.0 Å². The van der Waals surface area contributed by atoms with Gasteiger partial charge in [-0.25, -0.2) is 0 Å². The van der Waals surface area contributed by atoms with Gasteiger partial charge in [0.15, 0.2) is 0 Å². The number of hydrogen-bond donors (Lipinski definition) is 2. The van der Waals surface area contributed by atoms with Crippen LogP contribution in [0.3, 0.4) is 0 Å². The van der Waals surface area contributed by atoms with Crippen LogP contribution in [0.15, 0.2) is 48.5 Å². The van der Waals surface area contributed by atoms with E-state index in [0.717, 1.165) is 23.5 Å². The van der Waals surface area contributed by atoms with Crippen LogP contribution in [-0.2, 0) is 4.79 Å². The van der Waals surface area contributed by atoms with Crippen molar-refractivity contribution in [3.05, 3.63) is 48.5 Å². The zero-order valence-corrected chi connectivity index (χ0v) is 13.2. The number of nitrogens with one attached hydrogen (secondary N) is 1. The van der Waals surface area contributed by atoms with Crippen LogP contribution in [0.1, 0.15) is 13.3 Å². The van der Waals surface area contributed by atoms with E-state index in [0.29, 0.717) is 12.2 Å². The van der Waals surface area contributed by atoms with Crippen LogP contribution in [0.2, 0.25) is 0 Å². The Morgan fingerprint density at radius 2 is 2.09 bits per heavy atom. The summed E-state index contributed by atoms with van der Waals surface area (Å²) in [4.78, 5) is 14.4. The van der Waals surface area contributed by atoms with Crippen molar-refractivity contribution in [1.82, 2.24) is 0 Å². The second-order valence-corrected chi connectivity index (χ2v) is 5.67. The number of para-hydroxylation sites is 1. The number of benzene rings is 2. The Balaban J connectivity index is 1.75. The fourth-order valence-electron chi connectivity index (χ4n) is 2.70. The molecule has 3 rings (SSSR count). The minimum Gasteiger partial charge on any atom is -0.486 e. The van der Waals surface area contributed by atoms with E-state index in [1.807, 2.05) is 53.4 Å². The highest BCUT2D eigenvalue weighted by atomic mass is 16.5. The van der Waals surface area contributed by atoms with Gasteiger partial charge < -0.3 is 20.7 Å². The number of hydrogen-bond acceptors (Lipinski definition) is 4. The van der Waals surface area contributed by atoms with Gasteiger partial charge in [0.05, 0.1) is 18.8 Å². The molecule has 0 aromatic heterocycles. The SMILES string of the molecule is CCC1CN(CC(=O)Nc2ccccc2)c2ccc(N)cc2O1. The maximum Gasteiger partial charge on any atom is 0.243 e. The van der Waals surface area contributed by atoms with Crippen LogP contribution >= 0.6 is 0 Å². The Morgan fingerprint density at radius 1 is 1.30 bits per heavy atom. The van der Waals surface area contributed by atoms with Gasteiger partial charge >= 0.3 is 0 Å². The van der Waals surface area contributed by atoms with Gasteiger partial charge in [-0.1, -0.05) is 25.1 Å². The van der Waals surface area contributed by atoms with E-state index in [2.05, 4.69) is 12.2 Å². The summed E-state index contributed by atoms with van der Waals surface area (Å²) < 4.78 is 5.94. The molecular weight excluding hydrogens is 290 g/mol. The Kier molecular flexibility index (Phi) is 4.37. The topological polar surface area (TPSA) is 67.6 Å². The lowest BCUT2D eigenvalue weighted by atomic mass is 10.1. The van der Waals surface area contributed by atoms with Crippen molar-refractivity contribution in [2.75, 3.05) is 29.0 Å². The molecule has 0 spiro atoms. The van der Waals surface area contributed by atoms with E-state index in [4.69, 9.17) is 10.5 Å². The number of nitrogen functional groups attached to an aromatic ring is 1. The fourth-order valence-corrected chi connectivity index (χ4v) is 2.70. The van der Waals surface area contributed by atoms with Crippen molar-refractivity contribution in [1.29, 1.82) is 0 Å². The molecule has 0 bridgehead atoms. The summed E-state index contributed by atoms with van der Waals surface area (Å²) >= 11 is 0. The first-order valence-electron chi connectivity index (χ1n) is 7.81. The fraction of sp³-hybridized carbons (Fsp3) is 0.278. The average molecular weight is 311 g/mol. The Bertz CT molecular complexity index is 688. The predicted molar refractivity (Wildman–Crippen MR) is 92.8 cm³/mol. The maximum absolute atomic E-state index is 12.3. The molecule has 1 atom stereocenters. The van der Waals surface area contributed by atoms with Gasteiger partial charge in [0, 0.05) is 17.4 Å². The smallest absolute Gasteiger partial charge is 0.243 e. The Hall–Kier alpha value is -2.69. The molecule has 1 aliphatic rings. The van der Waals surface area contributed by atoms with Crippen molar-refractivity contribution in [3.8, 4) is 5.75 Å². The highest BCUT2D eigenvalue weighted by Crippen LogP contribution is 2.35. The largest absolute Gasteiger partial charge is 0.486 e. The maximum atomic E-state index is 12.3. The monoisotopic (exact) mass is 311 g/mol. The summed E-state index contributed by atoms with van der Waals surface area (Å²) in [5.74, 6) is 0.700. The third kappa shape index (κ3) is 3.56. The van der Waals surface area contributed by atoms with Crippen LogP contribution < -0.4 is 20.7 Å². The molecule has 2 aromatic carbocycles. The van der Waals surface area contributed by atoms with Gasteiger partial charge in [0.2, 0.25) is 5.91 Å². The summed E-state index contributed by atoms with van der Waals surface area (Å²) in [5, 5.41) is 2.92. The molecule has 1 heterocycles. The zero-order chi connectivity index (χ0) is 16.2. The normalized spacial score (nSPS) is 16.4. The summed E-state index contributed by atoms with van der Waals surface area (Å²) in [7, 11) is 0. The van der Waals surface area contributed by atoms with Crippen LogP contribution in [0, 0.1) is 0 Å². The quantitative estimate of drug-likeness (QED) is 0.852. The summed E-state index contributed by atoms with van der Waals surface area (Å²) in [6.45, 7) is 3.05. The van der Waals surface area contributed by atoms with Crippen molar-refractivity contribution < 1.29 is 9.53 Å². The molecule has 1 unspecified atom stereocenters. The molecule has 5 nitrogen and oxygen atoms in total. The van der Waals surface area contributed by atoms with E-state index in [9.17, 15) is 4.79 Å². The number of nitrogens with two attached hydrogens (primary N) is 1. The first kappa shape index (κ1) is 15.2. The molecule has 2 aromatic rings. The van der Waals surface area contributed by atoms with E-state index < -0.39 is 0 Å². The zero-order valence-electron chi connectivity index (χ0n) is 13.2. The molecule has 1 aliphatic heterocycles. The van der Waals surface area contributed by atoms with E-state index in [-0.39, 0.29) is 18.6 Å². The molecule has 0 radical (unpaired) electrons. The first-order valence-corrected chi connectivity index (χ1v) is 7.81. The van der Waals surface area contributed by atoms with Crippen LogP contribution in [0.4, 0.5) is 17.1 Å². The number of carbonyl (C=O) groups is 1. The Morgan fingerprint density at radius 3 is 2.83 bits per heavy atom. The van der Waals surface area contributed by atoms with Crippen LogP contribution in [-0.4, -0.2) is 25.1 Å². The second-order valence-electron chi connectivity index (χ2n) is 5.67. The van der Waals surface area contributed by atoms with Crippen LogP contribution in [0.25, 0.3) is 0 Å². The second kappa shape index (κ2) is 6.60.